The minimum Gasteiger partial charge on any atom is -0.355 e. The van der Waals surface area contributed by atoms with Gasteiger partial charge in [-0.2, -0.15) is 0 Å². The summed E-state index contributed by atoms with van der Waals surface area (Å²) in [6.45, 7) is 3.43. The molecule has 2 aliphatic carbocycles. The zero-order valence-electron chi connectivity index (χ0n) is 17.5. The summed E-state index contributed by atoms with van der Waals surface area (Å²) in [5, 5.41) is 15.7. The van der Waals surface area contributed by atoms with Gasteiger partial charge in [-0.25, -0.2) is 4.99 Å². The van der Waals surface area contributed by atoms with Gasteiger partial charge in [0, 0.05) is 25.0 Å². The number of benzene rings is 1. The topological polar surface area (TPSA) is 67.1 Å². The Labute approximate surface area is 191 Å². The highest BCUT2D eigenvalue weighted by Gasteiger charge is 2.44. The van der Waals surface area contributed by atoms with E-state index in [0.717, 1.165) is 24.2 Å². The maximum atomic E-state index is 4.86. The Kier molecular flexibility index (Phi) is 7.54. The Hall–Kier alpha value is -1.64. The monoisotopic (exact) mass is 508 g/mol. The van der Waals surface area contributed by atoms with Gasteiger partial charge in [0.2, 0.25) is 0 Å². The van der Waals surface area contributed by atoms with Gasteiger partial charge in [0.1, 0.15) is 12.4 Å². The average molecular weight is 508 g/mol. The van der Waals surface area contributed by atoms with Crippen molar-refractivity contribution in [1.82, 2.24) is 25.4 Å². The second kappa shape index (κ2) is 9.91. The lowest BCUT2D eigenvalue weighted by atomic mass is 9.95. The van der Waals surface area contributed by atoms with Crippen molar-refractivity contribution in [3.8, 4) is 0 Å². The molecule has 0 radical (unpaired) electrons. The third-order valence-electron chi connectivity index (χ3n) is 6.34. The van der Waals surface area contributed by atoms with E-state index in [1.807, 2.05) is 18.5 Å². The molecule has 0 bridgehead atoms. The highest BCUT2D eigenvalue weighted by molar-refractivity contribution is 14.0. The minimum atomic E-state index is 0. The second-order valence-electron chi connectivity index (χ2n) is 8.37. The number of rotatable bonds is 6. The van der Waals surface area contributed by atoms with Crippen LogP contribution in [0.3, 0.4) is 0 Å². The third-order valence-corrected chi connectivity index (χ3v) is 6.34. The van der Waals surface area contributed by atoms with Gasteiger partial charge in [-0.1, -0.05) is 49.6 Å². The van der Waals surface area contributed by atoms with Crippen LogP contribution in [0, 0.1) is 6.92 Å². The third kappa shape index (κ3) is 5.49. The number of halogens is 1. The molecule has 2 aliphatic rings. The summed E-state index contributed by atoms with van der Waals surface area (Å²) in [5.41, 5.74) is 1.70. The Morgan fingerprint density at radius 3 is 2.48 bits per heavy atom. The van der Waals surface area contributed by atoms with Crippen molar-refractivity contribution in [3.63, 3.8) is 0 Å². The standard InChI is InChI=1S/C22H32N6.HI/c1-17-26-27-20(28(17)2)15-23-21(25-19-11-7-4-8-12-19)24-16-22(13-14-22)18-9-5-3-6-10-18;/h3,5-6,9-10,19H,4,7-8,11-16H2,1-2H3,(H2,23,24,25);1H. The number of hydrogen-bond acceptors (Lipinski definition) is 3. The summed E-state index contributed by atoms with van der Waals surface area (Å²) in [6.07, 6.45) is 8.91. The normalized spacial score (nSPS) is 18.8. The van der Waals surface area contributed by atoms with E-state index in [1.54, 1.807) is 0 Å². The first-order chi connectivity index (χ1) is 13.7. The number of aryl methyl sites for hydroxylation is 1. The maximum Gasteiger partial charge on any atom is 0.191 e. The fourth-order valence-corrected chi connectivity index (χ4v) is 4.09. The first kappa shape index (κ1) is 22.1. The van der Waals surface area contributed by atoms with Crippen molar-refractivity contribution in [2.24, 2.45) is 12.0 Å². The largest absolute Gasteiger partial charge is 0.355 e. The van der Waals surface area contributed by atoms with E-state index in [0.29, 0.717) is 12.6 Å². The van der Waals surface area contributed by atoms with Crippen LogP contribution in [0.2, 0.25) is 0 Å². The second-order valence-corrected chi connectivity index (χ2v) is 8.37. The summed E-state index contributed by atoms with van der Waals surface area (Å²) in [6, 6.07) is 11.4. The fraction of sp³-hybridized carbons (Fsp3) is 0.591. The molecule has 29 heavy (non-hydrogen) atoms. The number of nitrogens with zero attached hydrogens (tertiary/aromatic N) is 4. The lowest BCUT2D eigenvalue weighted by Crippen LogP contribution is -2.46. The van der Waals surface area contributed by atoms with Crippen LogP contribution in [0.1, 0.15) is 62.2 Å². The lowest BCUT2D eigenvalue weighted by Gasteiger charge is -2.26. The SMILES string of the molecule is Cc1nnc(CN=C(NCC2(c3ccccc3)CC2)NC2CCCCC2)n1C.I. The van der Waals surface area contributed by atoms with Gasteiger partial charge in [0.25, 0.3) is 0 Å². The van der Waals surface area contributed by atoms with Crippen LogP contribution in [0.25, 0.3) is 0 Å². The Morgan fingerprint density at radius 2 is 1.86 bits per heavy atom. The first-order valence-electron chi connectivity index (χ1n) is 10.6. The van der Waals surface area contributed by atoms with Crippen molar-refractivity contribution < 1.29 is 0 Å². The van der Waals surface area contributed by atoms with E-state index in [9.17, 15) is 0 Å². The molecule has 2 saturated carbocycles. The Morgan fingerprint density at radius 1 is 1.14 bits per heavy atom. The van der Waals surface area contributed by atoms with Gasteiger partial charge in [-0.15, -0.1) is 34.2 Å². The van der Waals surface area contributed by atoms with Gasteiger partial charge in [-0.3, -0.25) is 0 Å². The molecular weight excluding hydrogens is 475 g/mol. The summed E-state index contributed by atoms with van der Waals surface area (Å²) in [5.74, 6) is 2.72. The van der Waals surface area contributed by atoms with E-state index >= 15 is 0 Å². The van der Waals surface area contributed by atoms with Gasteiger partial charge in [-0.05, 0) is 38.2 Å². The van der Waals surface area contributed by atoms with E-state index < -0.39 is 0 Å². The summed E-state index contributed by atoms with van der Waals surface area (Å²) >= 11 is 0. The maximum absolute atomic E-state index is 4.86. The van der Waals surface area contributed by atoms with E-state index in [-0.39, 0.29) is 29.4 Å². The molecule has 1 aromatic carbocycles. The van der Waals surface area contributed by atoms with Gasteiger partial charge in [0.15, 0.2) is 11.8 Å². The van der Waals surface area contributed by atoms with Crippen LogP contribution in [-0.2, 0) is 19.0 Å². The van der Waals surface area contributed by atoms with Crippen molar-refractivity contribution in [3.05, 3.63) is 47.5 Å². The molecule has 158 valence electrons. The lowest BCUT2D eigenvalue weighted by molar-refractivity contribution is 0.409. The molecule has 2 aromatic rings. The zero-order valence-corrected chi connectivity index (χ0v) is 19.9. The molecule has 1 aromatic heterocycles. The van der Waals surface area contributed by atoms with Crippen LogP contribution in [0.5, 0.6) is 0 Å². The zero-order chi connectivity index (χ0) is 19.4. The van der Waals surface area contributed by atoms with Crippen molar-refractivity contribution in [2.45, 2.75) is 69.9 Å². The number of aromatic nitrogens is 3. The predicted molar refractivity (Wildman–Crippen MR) is 128 cm³/mol. The van der Waals surface area contributed by atoms with Crippen LogP contribution >= 0.6 is 24.0 Å². The predicted octanol–water partition coefficient (Wildman–Crippen LogP) is 3.84. The Balaban J connectivity index is 0.00000240. The quantitative estimate of drug-likeness (QED) is 0.354. The summed E-state index contributed by atoms with van der Waals surface area (Å²) in [7, 11) is 2.00. The smallest absolute Gasteiger partial charge is 0.191 e. The molecule has 0 amide bonds. The van der Waals surface area contributed by atoms with Gasteiger partial charge in [0.05, 0.1) is 0 Å². The molecular formula is C22H33IN6. The van der Waals surface area contributed by atoms with Gasteiger partial charge < -0.3 is 15.2 Å². The molecule has 0 spiro atoms. The number of hydrogen-bond donors (Lipinski definition) is 2. The molecule has 7 heteroatoms. The fourth-order valence-electron chi connectivity index (χ4n) is 4.09. The van der Waals surface area contributed by atoms with Gasteiger partial charge >= 0.3 is 0 Å². The van der Waals surface area contributed by atoms with Crippen LogP contribution in [0.15, 0.2) is 35.3 Å². The molecule has 6 nitrogen and oxygen atoms in total. The average Bonchev–Trinajstić information content (AvgIpc) is 3.47. The molecule has 0 saturated heterocycles. The molecule has 0 aliphatic heterocycles. The molecule has 2 fully saturated rings. The number of aliphatic imine (C=N–C) groups is 1. The first-order valence-corrected chi connectivity index (χ1v) is 10.6. The number of nitrogens with one attached hydrogen (secondary N) is 2. The number of guanidine groups is 1. The van der Waals surface area contributed by atoms with Crippen LogP contribution < -0.4 is 10.6 Å². The summed E-state index contributed by atoms with van der Waals surface area (Å²) < 4.78 is 2.01. The summed E-state index contributed by atoms with van der Waals surface area (Å²) in [4.78, 5) is 4.86. The van der Waals surface area contributed by atoms with E-state index in [1.165, 1.54) is 50.5 Å². The minimum absolute atomic E-state index is 0. The van der Waals surface area contributed by atoms with Crippen molar-refractivity contribution in [1.29, 1.82) is 0 Å². The molecule has 4 rings (SSSR count). The molecule has 2 N–H and O–H groups in total. The van der Waals surface area contributed by atoms with E-state index in [2.05, 4.69) is 51.2 Å². The molecule has 1 heterocycles. The highest BCUT2D eigenvalue weighted by Crippen LogP contribution is 2.47. The van der Waals surface area contributed by atoms with Crippen molar-refractivity contribution >= 4 is 29.9 Å². The van der Waals surface area contributed by atoms with Crippen molar-refractivity contribution in [2.75, 3.05) is 6.54 Å². The molecule has 0 atom stereocenters. The highest BCUT2D eigenvalue weighted by atomic mass is 127. The van der Waals surface area contributed by atoms with Crippen LogP contribution in [0.4, 0.5) is 0 Å². The van der Waals surface area contributed by atoms with Crippen LogP contribution in [-0.4, -0.2) is 33.3 Å². The Bertz CT molecular complexity index is 806. The van der Waals surface area contributed by atoms with E-state index in [4.69, 9.17) is 4.99 Å². The molecule has 0 unspecified atom stereocenters.